The molecule has 6 heteroatoms. The van der Waals surface area contributed by atoms with E-state index in [2.05, 4.69) is 27.7 Å². The van der Waals surface area contributed by atoms with Crippen LogP contribution in [0.4, 0.5) is 5.69 Å². The fraction of sp³-hybridized carbons (Fsp3) is 0.419. The van der Waals surface area contributed by atoms with Crippen LogP contribution in [0.1, 0.15) is 30.9 Å². The minimum absolute atomic E-state index is 0.172. The molecule has 1 heterocycles. The van der Waals surface area contributed by atoms with Crippen molar-refractivity contribution in [2.75, 3.05) is 50.7 Å². The summed E-state index contributed by atoms with van der Waals surface area (Å²) < 4.78 is 0. The molecular weight excluding hydrogens is 462 g/mol. The molecular formula is C31H39N3O3. The van der Waals surface area contributed by atoms with Gasteiger partial charge in [-0.1, -0.05) is 37.3 Å². The Kier molecular flexibility index (Phi) is 7.87. The molecule has 0 spiro atoms. The summed E-state index contributed by atoms with van der Waals surface area (Å²) in [5.41, 5.74) is 4.76. The number of hydrogen-bond donors (Lipinski definition) is 3. The zero-order valence-corrected chi connectivity index (χ0v) is 21.8. The second kappa shape index (κ2) is 11.4. The predicted molar refractivity (Wildman–Crippen MR) is 150 cm³/mol. The van der Waals surface area contributed by atoms with E-state index in [1.807, 2.05) is 42.5 Å². The summed E-state index contributed by atoms with van der Waals surface area (Å²) in [6, 6.07) is 19.3. The molecule has 1 atom stereocenters. The first-order valence-corrected chi connectivity index (χ1v) is 13.7. The lowest BCUT2D eigenvalue weighted by atomic mass is 9.86. The molecule has 3 aromatic carbocycles. The van der Waals surface area contributed by atoms with E-state index >= 15 is 0 Å². The van der Waals surface area contributed by atoms with Gasteiger partial charge in [0, 0.05) is 68.2 Å². The third-order valence-corrected chi connectivity index (χ3v) is 8.08. The monoisotopic (exact) mass is 501 g/mol. The first-order chi connectivity index (χ1) is 18.0. The van der Waals surface area contributed by atoms with Crippen molar-refractivity contribution in [3.8, 4) is 28.4 Å². The lowest BCUT2D eigenvalue weighted by Gasteiger charge is -2.39. The highest BCUT2D eigenvalue weighted by Gasteiger charge is 2.26. The number of aromatic hydroxyl groups is 3. The lowest BCUT2D eigenvalue weighted by Crippen LogP contribution is -2.50. The van der Waals surface area contributed by atoms with Crippen molar-refractivity contribution in [3.63, 3.8) is 0 Å². The smallest absolute Gasteiger partial charge is 0.125 e. The van der Waals surface area contributed by atoms with Crippen LogP contribution >= 0.6 is 0 Å². The SMILES string of the molecule is CCCN(CCN1CCN(c2ccc(-c3ccccc3O)c(O)c2)CC1)C1CCc2cccc(O)c2C1. The van der Waals surface area contributed by atoms with Gasteiger partial charge in [-0.2, -0.15) is 0 Å². The Morgan fingerprint density at radius 2 is 1.57 bits per heavy atom. The lowest BCUT2D eigenvalue weighted by molar-refractivity contribution is 0.145. The zero-order valence-electron chi connectivity index (χ0n) is 21.8. The molecule has 1 unspecified atom stereocenters. The summed E-state index contributed by atoms with van der Waals surface area (Å²) in [6.45, 7) is 9.29. The largest absolute Gasteiger partial charge is 0.508 e. The molecule has 37 heavy (non-hydrogen) atoms. The molecule has 2 aliphatic rings. The Bertz CT molecular complexity index is 1210. The molecule has 0 bridgehead atoms. The molecule has 0 amide bonds. The molecule has 1 aliphatic carbocycles. The summed E-state index contributed by atoms with van der Waals surface area (Å²) in [5, 5.41) is 31.2. The van der Waals surface area contributed by atoms with E-state index in [0.29, 0.717) is 22.9 Å². The van der Waals surface area contributed by atoms with Gasteiger partial charge in [0.1, 0.15) is 17.2 Å². The van der Waals surface area contributed by atoms with Crippen molar-refractivity contribution in [3.05, 3.63) is 71.8 Å². The van der Waals surface area contributed by atoms with E-state index in [1.54, 1.807) is 12.1 Å². The highest BCUT2D eigenvalue weighted by Crippen LogP contribution is 2.37. The number of piperazine rings is 1. The number of anilines is 1. The second-order valence-electron chi connectivity index (χ2n) is 10.4. The molecule has 196 valence electrons. The van der Waals surface area contributed by atoms with E-state index < -0.39 is 0 Å². The number of fused-ring (bicyclic) bond motifs is 1. The van der Waals surface area contributed by atoms with Gasteiger partial charge >= 0.3 is 0 Å². The van der Waals surface area contributed by atoms with Crippen LogP contribution in [0.2, 0.25) is 0 Å². The van der Waals surface area contributed by atoms with Crippen molar-refractivity contribution in [2.24, 2.45) is 0 Å². The van der Waals surface area contributed by atoms with Crippen molar-refractivity contribution >= 4 is 5.69 Å². The van der Waals surface area contributed by atoms with Gasteiger partial charge in [0.25, 0.3) is 0 Å². The van der Waals surface area contributed by atoms with Crippen LogP contribution < -0.4 is 4.90 Å². The van der Waals surface area contributed by atoms with Gasteiger partial charge in [-0.05, 0) is 67.6 Å². The van der Waals surface area contributed by atoms with Crippen LogP contribution in [0, 0.1) is 0 Å². The topological polar surface area (TPSA) is 70.4 Å². The number of para-hydroxylation sites is 1. The molecule has 5 rings (SSSR count). The average molecular weight is 502 g/mol. The number of hydrogen-bond acceptors (Lipinski definition) is 6. The maximum atomic E-state index is 10.7. The highest BCUT2D eigenvalue weighted by molar-refractivity contribution is 5.77. The minimum atomic E-state index is 0.172. The molecule has 0 saturated carbocycles. The Labute approximate surface area is 220 Å². The number of benzene rings is 3. The average Bonchev–Trinajstić information content (AvgIpc) is 2.92. The van der Waals surface area contributed by atoms with Gasteiger partial charge in [0.15, 0.2) is 0 Å². The van der Waals surface area contributed by atoms with Crippen LogP contribution in [0.3, 0.4) is 0 Å². The molecule has 3 aromatic rings. The van der Waals surface area contributed by atoms with Crippen molar-refractivity contribution in [1.82, 2.24) is 9.80 Å². The number of phenolic OH excluding ortho intramolecular Hbond substituents is 3. The molecule has 1 saturated heterocycles. The quantitative estimate of drug-likeness (QED) is 0.410. The van der Waals surface area contributed by atoms with E-state index in [0.717, 1.165) is 82.7 Å². The van der Waals surface area contributed by atoms with Crippen LogP contribution in [0.5, 0.6) is 17.2 Å². The number of rotatable bonds is 8. The standard InChI is InChI=1S/C31H39N3O3/c1-2-14-33(24-11-10-23-6-5-9-30(36)28(23)21-24)18-15-32-16-19-34(20-17-32)25-12-13-27(31(37)22-25)26-7-3-4-8-29(26)35/h3-9,12-13,22,24,35-37H,2,10-11,14-21H2,1H3. The first kappa shape index (κ1) is 25.4. The molecule has 0 radical (unpaired) electrons. The highest BCUT2D eigenvalue weighted by atomic mass is 16.3. The Balaban J connectivity index is 1.15. The molecule has 6 nitrogen and oxygen atoms in total. The van der Waals surface area contributed by atoms with E-state index in [1.165, 1.54) is 5.56 Å². The van der Waals surface area contributed by atoms with E-state index in [4.69, 9.17) is 0 Å². The number of aryl methyl sites for hydroxylation is 1. The normalized spacial score (nSPS) is 18.2. The van der Waals surface area contributed by atoms with E-state index in [-0.39, 0.29) is 11.5 Å². The Morgan fingerprint density at radius 3 is 2.32 bits per heavy atom. The third kappa shape index (κ3) is 5.71. The zero-order chi connectivity index (χ0) is 25.8. The summed E-state index contributed by atoms with van der Waals surface area (Å²) in [5.74, 6) is 0.816. The molecule has 0 aromatic heterocycles. The first-order valence-electron chi connectivity index (χ1n) is 13.7. The third-order valence-electron chi connectivity index (χ3n) is 8.08. The van der Waals surface area contributed by atoms with Gasteiger partial charge in [0.2, 0.25) is 0 Å². The Hall–Kier alpha value is -3.22. The van der Waals surface area contributed by atoms with Gasteiger partial charge in [-0.25, -0.2) is 0 Å². The maximum absolute atomic E-state index is 10.7. The van der Waals surface area contributed by atoms with Crippen LogP contribution in [-0.4, -0.2) is 77.0 Å². The summed E-state index contributed by atoms with van der Waals surface area (Å²) in [6.07, 6.45) is 4.28. The summed E-state index contributed by atoms with van der Waals surface area (Å²) in [7, 11) is 0. The molecule has 1 fully saturated rings. The second-order valence-corrected chi connectivity index (χ2v) is 10.4. The van der Waals surface area contributed by atoms with Crippen LogP contribution in [0.15, 0.2) is 60.7 Å². The van der Waals surface area contributed by atoms with Crippen LogP contribution in [0.25, 0.3) is 11.1 Å². The number of nitrogens with zero attached hydrogens (tertiary/aromatic N) is 3. The maximum Gasteiger partial charge on any atom is 0.125 e. The fourth-order valence-corrected chi connectivity index (χ4v) is 5.97. The van der Waals surface area contributed by atoms with Gasteiger partial charge in [0.05, 0.1) is 0 Å². The predicted octanol–water partition coefficient (Wildman–Crippen LogP) is 4.86. The summed E-state index contributed by atoms with van der Waals surface area (Å²) >= 11 is 0. The number of phenols is 3. The molecule has 3 N–H and O–H groups in total. The summed E-state index contributed by atoms with van der Waals surface area (Å²) in [4.78, 5) is 7.51. The fourth-order valence-electron chi connectivity index (χ4n) is 5.97. The van der Waals surface area contributed by atoms with Gasteiger partial charge in [-0.3, -0.25) is 9.80 Å². The molecule has 1 aliphatic heterocycles. The van der Waals surface area contributed by atoms with E-state index in [9.17, 15) is 15.3 Å². The van der Waals surface area contributed by atoms with Gasteiger partial charge < -0.3 is 20.2 Å². The van der Waals surface area contributed by atoms with Crippen LogP contribution in [-0.2, 0) is 12.8 Å². The van der Waals surface area contributed by atoms with Crippen molar-refractivity contribution < 1.29 is 15.3 Å². The van der Waals surface area contributed by atoms with Gasteiger partial charge in [-0.15, -0.1) is 0 Å². The van der Waals surface area contributed by atoms with Crippen molar-refractivity contribution in [2.45, 2.75) is 38.6 Å². The Morgan fingerprint density at radius 1 is 0.811 bits per heavy atom. The minimum Gasteiger partial charge on any atom is -0.508 e. The van der Waals surface area contributed by atoms with Crippen molar-refractivity contribution in [1.29, 1.82) is 0 Å².